The molecule has 140 valence electrons. The molecule has 0 spiro atoms. The van der Waals surface area contributed by atoms with Gasteiger partial charge in [0, 0.05) is 22.9 Å². The zero-order valence-corrected chi connectivity index (χ0v) is 17.0. The predicted molar refractivity (Wildman–Crippen MR) is 112 cm³/mol. The lowest BCUT2D eigenvalue weighted by molar-refractivity contribution is -0.123. The van der Waals surface area contributed by atoms with Crippen LogP contribution in [-0.2, 0) is 11.3 Å². The lowest BCUT2D eigenvalue weighted by Gasteiger charge is -2.10. The average molecular weight is 446 g/mol. The maximum Gasteiger partial charge on any atom is 0.245 e. The molecule has 5 nitrogen and oxygen atoms in total. The number of halogens is 1. The van der Waals surface area contributed by atoms with Gasteiger partial charge in [-0.15, -0.1) is 11.3 Å². The third kappa shape index (κ3) is 5.38. The second-order valence-electron chi connectivity index (χ2n) is 5.87. The van der Waals surface area contributed by atoms with Crippen molar-refractivity contribution >= 4 is 38.9 Å². The van der Waals surface area contributed by atoms with Gasteiger partial charge in [-0.3, -0.25) is 4.79 Å². The van der Waals surface area contributed by atoms with E-state index < -0.39 is 6.61 Å². The molecule has 3 rings (SSSR count). The fourth-order valence-corrected chi connectivity index (χ4v) is 3.84. The van der Waals surface area contributed by atoms with Crippen molar-refractivity contribution in [2.24, 2.45) is 4.99 Å². The van der Waals surface area contributed by atoms with Crippen LogP contribution in [0.4, 0.5) is 5.69 Å². The molecular weight excluding hydrogens is 426 g/mol. The van der Waals surface area contributed by atoms with Crippen LogP contribution in [0, 0.1) is 0 Å². The van der Waals surface area contributed by atoms with Crippen LogP contribution >= 0.6 is 27.3 Å². The van der Waals surface area contributed by atoms with Crippen molar-refractivity contribution in [3.63, 3.8) is 0 Å². The number of hydrogen-bond acceptors (Lipinski definition) is 4. The van der Waals surface area contributed by atoms with E-state index in [4.69, 9.17) is 10.1 Å². The van der Waals surface area contributed by atoms with Gasteiger partial charge in [0.2, 0.25) is 5.91 Å². The summed E-state index contributed by atoms with van der Waals surface area (Å²) >= 11 is 5.07. The average Bonchev–Trinajstić information content (AvgIpc) is 3.08. The lowest BCUT2D eigenvalue weighted by atomic mass is 10.2. The smallest absolute Gasteiger partial charge is 0.245 e. The Labute approximate surface area is 170 Å². The number of aliphatic hydroxyl groups excluding tert-OH is 1. The maximum atomic E-state index is 11.2. The zero-order valence-electron chi connectivity index (χ0n) is 14.6. The highest BCUT2D eigenvalue weighted by Gasteiger charge is 2.08. The van der Waals surface area contributed by atoms with Gasteiger partial charge in [0.15, 0.2) is 4.80 Å². The highest BCUT2D eigenvalue weighted by molar-refractivity contribution is 9.10. The Morgan fingerprint density at radius 2 is 1.89 bits per heavy atom. The first kappa shape index (κ1) is 19.5. The van der Waals surface area contributed by atoms with Crippen LogP contribution in [0.1, 0.15) is 6.42 Å². The first-order valence-electron chi connectivity index (χ1n) is 8.59. The number of carbonyl (C=O) groups is 1. The van der Waals surface area contributed by atoms with E-state index in [9.17, 15) is 4.79 Å². The number of aliphatic hydroxyl groups is 1. The number of amides is 1. The molecule has 0 atom stereocenters. The summed E-state index contributed by atoms with van der Waals surface area (Å²) in [5.74, 6) is -0.354. The standard InChI is InChI=1S/C20H20BrN3O2S/c21-16-9-7-15(8-10-16)18-14-27-20(23-17-5-2-1-3-6-17)24(18)12-4-11-22-19(26)13-25/h1-3,5-10,14,25H,4,11-13H2,(H,22,26). The molecule has 2 N–H and O–H groups in total. The second kappa shape index (κ2) is 9.64. The van der Waals surface area contributed by atoms with E-state index in [1.807, 2.05) is 42.5 Å². The predicted octanol–water partition coefficient (Wildman–Crippen LogP) is 3.71. The molecule has 0 saturated carbocycles. The molecule has 0 saturated heterocycles. The van der Waals surface area contributed by atoms with Crippen molar-refractivity contribution in [1.82, 2.24) is 9.88 Å². The van der Waals surface area contributed by atoms with E-state index in [0.717, 1.165) is 32.6 Å². The van der Waals surface area contributed by atoms with Gasteiger partial charge in [-0.25, -0.2) is 4.99 Å². The van der Waals surface area contributed by atoms with E-state index in [0.29, 0.717) is 13.1 Å². The Morgan fingerprint density at radius 1 is 1.15 bits per heavy atom. The number of aromatic nitrogens is 1. The number of rotatable bonds is 7. The fraction of sp³-hybridized carbons (Fsp3) is 0.200. The van der Waals surface area contributed by atoms with Crippen LogP contribution in [0.25, 0.3) is 11.3 Å². The molecule has 7 heteroatoms. The number of benzene rings is 2. The van der Waals surface area contributed by atoms with E-state index in [2.05, 4.69) is 43.3 Å². The summed E-state index contributed by atoms with van der Waals surface area (Å²) in [4.78, 5) is 16.9. The molecule has 3 aromatic rings. The van der Waals surface area contributed by atoms with Gasteiger partial charge in [-0.05, 0) is 36.2 Å². The maximum absolute atomic E-state index is 11.2. The van der Waals surface area contributed by atoms with Crippen molar-refractivity contribution in [2.45, 2.75) is 13.0 Å². The van der Waals surface area contributed by atoms with Gasteiger partial charge in [-0.2, -0.15) is 0 Å². The highest BCUT2D eigenvalue weighted by Crippen LogP contribution is 2.23. The second-order valence-corrected chi connectivity index (χ2v) is 7.62. The van der Waals surface area contributed by atoms with E-state index in [1.54, 1.807) is 11.3 Å². The number of thiazole rings is 1. The largest absolute Gasteiger partial charge is 0.387 e. The van der Waals surface area contributed by atoms with Crippen molar-refractivity contribution < 1.29 is 9.90 Å². The summed E-state index contributed by atoms with van der Waals surface area (Å²) in [6, 6.07) is 18.0. The summed E-state index contributed by atoms with van der Waals surface area (Å²) in [7, 11) is 0. The summed E-state index contributed by atoms with van der Waals surface area (Å²) in [5.41, 5.74) is 3.11. The third-order valence-electron chi connectivity index (χ3n) is 3.94. The Hall–Kier alpha value is -2.22. The van der Waals surface area contributed by atoms with Gasteiger partial charge in [0.05, 0.1) is 11.4 Å². The van der Waals surface area contributed by atoms with Crippen molar-refractivity contribution in [2.75, 3.05) is 13.2 Å². The molecule has 27 heavy (non-hydrogen) atoms. The zero-order chi connectivity index (χ0) is 19.1. The van der Waals surface area contributed by atoms with Crippen LogP contribution in [-0.4, -0.2) is 28.7 Å². The van der Waals surface area contributed by atoms with Crippen LogP contribution in [0.15, 0.2) is 69.4 Å². The molecule has 0 radical (unpaired) electrons. The van der Waals surface area contributed by atoms with Crippen LogP contribution < -0.4 is 10.1 Å². The molecule has 2 aromatic carbocycles. The minimum Gasteiger partial charge on any atom is -0.387 e. The molecule has 1 amide bonds. The minimum atomic E-state index is -0.482. The Kier molecular flexibility index (Phi) is 6.98. The summed E-state index contributed by atoms with van der Waals surface area (Å²) in [6.45, 7) is 0.739. The van der Waals surface area contributed by atoms with Crippen molar-refractivity contribution in [3.8, 4) is 11.3 Å². The molecule has 0 aliphatic rings. The SMILES string of the molecule is O=C(CO)NCCCn1c(-c2ccc(Br)cc2)csc1=Nc1ccccc1. The van der Waals surface area contributed by atoms with E-state index in [1.165, 1.54) is 0 Å². The number of hydrogen-bond donors (Lipinski definition) is 2. The number of para-hydroxylation sites is 1. The molecule has 0 aliphatic carbocycles. The Balaban J connectivity index is 1.90. The number of nitrogens with zero attached hydrogens (tertiary/aromatic N) is 2. The van der Waals surface area contributed by atoms with Gasteiger partial charge in [-0.1, -0.05) is 46.3 Å². The van der Waals surface area contributed by atoms with Crippen molar-refractivity contribution in [1.29, 1.82) is 0 Å². The first-order chi connectivity index (χ1) is 13.2. The van der Waals surface area contributed by atoms with Crippen LogP contribution in [0.3, 0.4) is 0 Å². The van der Waals surface area contributed by atoms with Gasteiger partial charge in [0.25, 0.3) is 0 Å². The lowest BCUT2D eigenvalue weighted by Crippen LogP contribution is -2.28. The molecule has 0 unspecified atom stereocenters. The van der Waals surface area contributed by atoms with Gasteiger partial charge in [0.1, 0.15) is 6.61 Å². The quantitative estimate of drug-likeness (QED) is 0.544. The van der Waals surface area contributed by atoms with E-state index >= 15 is 0 Å². The Bertz CT molecular complexity index is 949. The van der Waals surface area contributed by atoms with Crippen LogP contribution in [0.2, 0.25) is 0 Å². The summed E-state index contributed by atoms with van der Waals surface area (Å²) in [5, 5.41) is 13.6. The molecule has 1 aromatic heterocycles. The molecule has 0 aliphatic heterocycles. The minimum absolute atomic E-state index is 0.354. The third-order valence-corrected chi connectivity index (χ3v) is 5.34. The monoisotopic (exact) mass is 445 g/mol. The molecule has 0 fully saturated rings. The van der Waals surface area contributed by atoms with E-state index in [-0.39, 0.29) is 5.91 Å². The van der Waals surface area contributed by atoms with Crippen molar-refractivity contribution in [3.05, 3.63) is 69.3 Å². The van der Waals surface area contributed by atoms with Crippen LogP contribution in [0.5, 0.6) is 0 Å². The summed E-state index contributed by atoms with van der Waals surface area (Å²) in [6.07, 6.45) is 0.744. The fourth-order valence-electron chi connectivity index (χ4n) is 2.62. The number of carbonyl (C=O) groups excluding carboxylic acids is 1. The first-order valence-corrected chi connectivity index (χ1v) is 10.3. The molecular formula is C20H20BrN3O2S. The number of nitrogens with one attached hydrogen (secondary N) is 1. The molecule has 0 bridgehead atoms. The van der Waals surface area contributed by atoms with Gasteiger partial charge >= 0.3 is 0 Å². The normalized spacial score (nSPS) is 11.6. The summed E-state index contributed by atoms with van der Waals surface area (Å²) < 4.78 is 3.21. The van der Waals surface area contributed by atoms with Gasteiger partial charge < -0.3 is 15.0 Å². The Morgan fingerprint density at radius 3 is 2.59 bits per heavy atom. The topological polar surface area (TPSA) is 66.6 Å². The highest BCUT2D eigenvalue weighted by atomic mass is 79.9. The molecule has 1 heterocycles.